The molecule has 3 rings (SSSR count). The van der Waals surface area contributed by atoms with Gasteiger partial charge in [0.2, 0.25) is 11.5 Å². The molecular weight excluding hydrogens is 456 g/mol. The Labute approximate surface area is 208 Å². The van der Waals surface area contributed by atoms with E-state index in [9.17, 15) is 4.79 Å². The third kappa shape index (κ3) is 6.93. The highest BCUT2D eigenvalue weighted by Gasteiger charge is 2.27. The highest BCUT2D eigenvalue weighted by atomic mass is 35.5. The van der Waals surface area contributed by atoms with Crippen molar-refractivity contribution in [2.75, 3.05) is 27.9 Å². The minimum atomic E-state index is -0.207. The van der Waals surface area contributed by atoms with E-state index in [-0.39, 0.29) is 24.4 Å². The van der Waals surface area contributed by atoms with Gasteiger partial charge >= 0.3 is 0 Å². The number of carbonyl (C=O) groups is 1. The van der Waals surface area contributed by atoms with Gasteiger partial charge < -0.3 is 30.0 Å². The van der Waals surface area contributed by atoms with Crippen LogP contribution in [-0.4, -0.2) is 39.8 Å². The third-order valence-corrected chi connectivity index (χ3v) is 6.04. The van der Waals surface area contributed by atoms with Gasteiger partial charge in [-0.3, -0.25) is 4.79 Å². The first kappa shape index (κ1) is 27.6. The summed E-state index contributed by atoms with van der Waals surface area (Å²) < 4.78 is 22.9. The summed E-state index contributed by atoms with van der Waals surface area (Å²) in [6.45, 7) is 0.586. The number of carbonyl (C=O) groups excluding carboxylic acids is 1. The number of hydrogen-bond donors (Lipinski definition) is 2. The zero-order chi connectivity index (χ0) is 23.6. The number of amides is 1. The van der Waals surface area contributed by atoms with Gasteiger partial charge in [0, 0.05) is 12.1 Å². The van der Waals surface area contributed by atoms with E-state index in [0.29, 0.717) is 40.9 Å². The first-order valence-electron chi connectivity index (χ1n) is 11.7. The third-order valence-electron chi connectivity index (χ3n) is 6.04. The van der Waals surface area contributed by atoms with Crippen molar-refractivity contribution in [2.24, 2.45) is 5.73 Å². The van der Waals surface area contributed by atoms with Gasteiger partial charge in [0.25, 0.3) is 5.91 Å². The zero-order valence-corrected chi connectivity index (χ0v) is 21.2. The van der Waals surface area contributed by atoms with Gasteiger partial charge in [0.1, 0.15) is 5.75 Å². The fourth-order valence-electron chi connectivity index (χ4n) is 4.31. The van der Waals surface area contributed by atoms with E-state index in [1.165, 1.54) is 40.6 Å². The molecule has 188 valence electrons. The average molecular weight is 493 g/mol. The lowest BCUT2D eigenvalue weighted by molar-refractivity contribution is 0.0926. The van der Waals surface area contributed by atoms with E-state index in [4.69, 9.17) is 24.7 Å². The molecule has 0 atom stereocenters. The Morgan fingerprint density at radius 3 is 2.06 bits per heavy atom. The van der Waals surface area contributed by atoms with Crippen molar-refractivity contribution >= 4 is 18.3 Å². The molecule has 0 aliphatic heterocycles. The lowest BCUT2D eigenvalue weighted by atomic mass is 9.96. The normalized spacial score (nSPS) is 14.2. The Hall–Kier alpha value is -2.64. The van der Waals surface area contributed by atoms with Crippen LogP contribution in [0.2, 0.25) is 0 Å². The smallest absolute Gasteiger partial charge is 0.255 e. The van der Waals surface area contributed by atoms with Crippen LogP contribution < -0.4 is 30.0 Å². The number of hydrogen-bond acceptors (Lipinski definition) is 6. The molecule has 1 amide bonds. The summed E-state index contributed by atoms with van der Waals surface area (Å²) in [4.78, 5) is 13.3. The first-order chi connectivity index (χ1) is 16.1. The van der Waals surface area contributed by atoms with Crippen molar-refractivity contribution in [3.8, 4) is 28.7 Å². The van der Waals surface area contributed by atoms with E-state index in [1.54, 1.807) is 6.07 Å². The van der Waals surface area contributed by atoms with Crippen LogP contribution in [0.1, 0.15) is 60.9 Å². The summed E-state index contributed by atoms with van der Waals surface area (Å²) in [6, 6.07) is 9.49. The van der Waals surface area contributed by atoms with Crippen LogP contribution in [0, 0.1) is 0 Å². The molecule has 0 bridgehead atoms. The molecule has 34 heavy (non-hydrogen) atoms. The molecule has 2 aromatic rings. The Balaban J connectivity index is 0.00000408. The maximum absolute atomic E-state index is 13.3. The van der Waals surface area contributed by atoms with Crippen LogP contribution in [0.25, 0.3) is 0 Å². The number of nitrogens with one attached hydrogen (secondary N) is 1. The molecule has 0 heterocycles. The largest absolute Gasteiger partial charge is 0.492 e. The molecule has 8 heteroatoms. The van der Waals surface area contributed by atoms with Crippen molar-refractivity contribution in [1.29, 1.82) is 0 Å². The van der Waals surface area contributed by atoms with Crippen molar-refractivity contribution < 1.29 is 23.7 Å². The summed E-state index contributed by atoms with van der Waals surface area (Å²) in [5.74, 6) is 1.80. The standard InChI is InChI=1S/C26H36N2O5.ClH/c1-30-23-21(26(29)28-19-9-7-5-4-6-8-10-19)17-22(24(31-2)25(23)32-3)33-20-13-11-18(12-14-20)15-16-27;/h11-14,17,19H,4-10,15-16,27H2,1-3H3,(H,28,29);1H. The second-order valence-electron chi connectivity index (χ2n) is 8.32. The molecule has 0 aromatic heterocycles. The Morgan fingerprint density at radius 2 is 1.50 bits per heavy atom. The second kappa shape index (κ2) is 13.9. The minimum absolute atomic E-state index is 0. The zero-order valence-electron chi connectivity index (χ0n) is 20.4. The van der Waals surface area contributed by atoms with Gasteiger partial charge in [-0.05, 0) is 43.5 Å². The fourth-order valence-corrected chi connectivity index (χ4v) is 4.31. The van der Waals surface area contributed by atoms with E-state index < -0.39 is 0 Å². The molecule has 1 saturated carbocycles. The molecule has 0 radical (unpaired) electrons. The number of nitrogens with two attached hydrogens (primary N) is 1. The predicted molar refractivity (Wildman–Crippen MR) is 136 cm³/mol. The summed E-state index contributed by atoms with van der Waals surface area (Å²) in [5, 5.41) is 3.20. The van der Waals surface area contributed by atoms with E-state index in [1.807, 2.05) is 24.3 Å². The molecule has 1 aliphatic carbocycles. The van der Waals surface area contributed by atoms with Gasteiger partial charge in [-0.2, -0.15) is 0 Å². The van der Waals surface area contributed by atoms with Crippen molar-refractivity contribution in [1.82, 2.24) is 5.32 Å². The molecule has 7 nitrogen and oxygen atoms in total. The average Bonchev–Trinajstić information content (AvgIpc) is 2.81. The van der Waals surface area contributed by atoms with Gasteiger partial charge in [0.15, 0.2) is 11.5 Å². The van der Waals surface area contributed by atoms with Crippen LogP contribution in [0.4, 0.5) is 0 Å². The van der Waals surface area contributed by atoms with Gasteiger partial charge in [0.05, 0.1) is 26.9 Å². The molecule has 0 spiro atoms. The maximum atomic E-state index is 13.3. The Kier molecular flexibility index (Phi) is 11.3. The van der Waals surface area contributed by atoms with Crippen LogP contribution >= 0.6 is 12.4 Å². The number of ether oxygens (including phenoxy) is 4. The molecule has 1 fully saturated rings. The first-order valence-corrected chi connectivity index (χ1v) is 11.7. The molecule has 0 saturated heterocycles. The van der Waals surface area contributed by atoms with Crippen molar-refractivity contribution in [2.45, 2.75) is 57.4 Å². The van der Waals surface area contributed by atoms with Gasteiger partial charge in [-0.15, -0.1) is 12.4 Å². The van der Waals surface area contributed by atoms with Crippen LogP contribution in [0.5, 0.6) is 28.7 Å². The van der Waals surface area contributed by atoms with E-state index >= 15 is 0 Å². The highest BCUT2D eigenvalue weighted by molar-refractivity contribution is 5.99. The number of rotatable bonds is 9. The SMILES string of the molecule is COc1c(Oc2ccc(CCN)cc2)cc(C(=O)NC2CCCCCCC2)c(OC)c1OC.Cl. The summed E-state index contributed by atoms with van der Waals surface area (Å²) in [5.41, 5.74) is 7.12. The minimum Gasteiger partial charge on any atom is -0.492 e. The predicted octanol–water partition coefficient (Wildman–Crippen LogP) is 5.27. The lowest BCUT2D eigenvalue weighted by Gasteiger charge is -2.23. The maximum Gasteiger partial charge on any atom is 0.255 e. The summed E-state index contributed by atoms with van der Waals surface area (Å²) >= 11 is 0. The summed E-state index contributed by atoms with van der Waals surface area (Å²) in [7, 11) is 4.56. The molecule has 3 N–H and O–H groups in total. The lowest BCUT2D eigenvalue weighted by Crippen LogP contribution is -2.35. The molecule has 0 unspecified atom stereocenters. The monoisotopic (exact) mass is 492 g/mol. The Morgan fingerprint density at radius 1 is 0.912 bits per heavy atom. The topological polar surface area (TPSA) is 92.0 Å². The quantitative estimate of drug-likeness (QED) is 0.495. The van der Waals surface area contributed by atoms with E-state index in [0.717, 1.165) is 37.7 Å². The van der Waals surface area contributed by atoms with Gasteiger partial charge in [-0.25, -0.2) is 0 Å². The fraction of sp³-hybridized carbons (Fsp3) is 0.500. The Bertz CT molecular complexity index is 912. The highest BCUT2D eigenvalue weighted by Crippen LogP contribution is 2.48. The second-order valence-corrected chi connectivity index (χ2v) is 8.32. The van der Waals surface area contributed by atoms with E-state index in [2.05, 4.69) is 5.32 Å². The van der Waals surface area contributed by atoms with Crippen molar-refractivity contribution in [3.05, 3.63) is 41.5 Å². The van der Waals surface area contributed by atoms with Crippen molar-refractivity contribution in [3.63, 3.8) is 0 Å². The number of methoxy groups -OCH3 is 3. The van der Waals surface area contributed by atoms with Gasteiger partial charge in [-0.1, -0.05) is 44.2 Å². The molecule has 2 aromatic carbocycles. The van der Waals surface area contributed by atoms with Crippen LogP contribution in [0.3, 0.4) is 0 Å². The van der Waals surface area contributed by atoms with Crippen LogP contribution in [0.15, 0.2) is 30.3 Å². The molecule has 1 aliphatic rings. The van der Waals surface area contributed by atoms with Crippen LogP contribution in [-0.2, 0) is 6.42 Å². The number of halogens is 1. The summed E-state index contributed by atoms with van der Waals surface area (Å²) in [6.07, 6.45) is 8.73. The molecular formula is C26H37ClN2O5. The number of benzene rings is 2.